The van der Waals surface area contributed by atoms with Gasteiger partial charge in [-0.1, -0.05) is 11.6 Å². The van der Waals surface area contributed by atoms with E-state index in [1.165, 1.54) is 6.39 Å². The van der Waals surface area contributed by atoms with E-state index in [2.05, 4.69) is 20.2 Å². The number of aromatic amines is 1. The number of nitrogens with zero attached hydrogens (tertiary/aromatic N) is 3. The van der Waals surface area contributed by atoms with Gasteiger partial charge in [0.1, 0.15) is 10.8 Å². The predicted molar refractivity (Wildman–Crippen MR) is 54.4 cm³/mol. The summed E-state index contributed by atoms with van der Waals surface area (Å²) in [4.78, 5) is 7.79. The third-order valence-corrected chi connectivity index (χ3v) is 2.29. The summed E-state index contributed by atoms with van der Waals surface area (Å²) in [5, 5.41) is 8.25. The SMILES string of the molecule is Clc1cc2c(-c3cnco3)n[nH]c2cn1. The molecule has 0 aliphatic rings. The number of oxazole rings is 1. The Morgan fingerprint density at radius 2 is 2.27 bits per heavy atom. The van der Waals surface area contributed by atoms with Gasteiger partial charge in [-0.3, -0.25) is 5.10 Å². The van der Waals surface area contributed by atoms with Crippen LogP contribution in [0.25, 0.3) is 22.4 Å². The van der Waals surface area contributed by atoms with E-state index in [0.717, 1.165) is 10.9 Å². The number of halogens is 1. The van der Waals surface area contributed by atoms with Crippen molar-refractivity contribution in [1.82, 2.24) is 20.2 Å². The Hall–Kier alpha value is -1.88. The smallest absolute Gasteiger partial charge is 0.181 e. The molecule has 74 valence electrons. The first-order chi connectivity index (χ1) is 7.34. The van der Waals surface area contributed by atoms with E-state index in [-0.39, 0.29) is 0 Å². The quantitative estimate of drug-likeness (QED) is 0.639. The van der Waals surface area contributed by atoms with Crippen molar-refractivity contribution in [3.8, 4) is 11.5 Å². The Kier molecular flexibility index (Phi) is 1.72. The molecule has 1 N–H and O–H groups in total. The average Bonchev–Trinajstić information content (AvgIpc) is 2.83. The first kappa shape index (κ1) is 8.43. The lowest BCUT2D eigenvalue weighted by Crippen LogP contribution is -1.76. The van der Waals surface area contributed by atoms with Crippen LogP contribution in [0.3, 0.4) is 0 Å². The molecule has 0 aromatic carbocycles. The van der Waals surface area contributed by atoms with Crippen molar-refractivity contribution in [3.05, 3.63) is 30.0 Å². The summed E-state index contributed by atoms with van der Waals surface area (Å²) in [6.07, 6.45) is 4.59. The van der Waals surface area contributed by atoms with Gasteiger partial charge in [0.2, 0.25) is 0 Å². The summed E-state index contributed by atoms with van der Waals surface area (Å²) in [6, 6.07) is 1.73. The molecule has 0 saturated heterocycles. The second-order valence-corrected chi connectivity index (χ2v) is 3.38. The van der Waals surface area contributed by atoms with Gasteiger partial charge in [-0.05, 0) is 6.07 Å². The minimum absolute atomic E-state index is 0.421. The lowest BCUT2D eigenvalue weighted by atomic mass is 10.2. The first-order valence-corrected chi connectivity index (χ1v) is 4.61. The van der Waals surface area contributed by atoms with Gasteiger partial charge < -0.3 is 4.42 Å². The fourth-order valence-electron chi connectivity index (χ4n) is 1.41. The molecule has 0 aliphatic heterocycles. The molecule has 0 fully saturated rings. The van der Waals surface area contributed by atoms with Gasteiger partial charge in [0.05, 0.1) is 17.9 Å². The van der Waals surface area contributed by atoms with Crippen LogP contribution in [0.1, 0.15) is 0 Å². The van der Waals surface area contributed by atoms with Crippen molar-refractivity contribution in [2.24, 2.45) is 0 Å². The summed E-state index contributed by atoms with van der Waals surface area (Å²) < 4.78 is 5.17. The van der Waals surface area contributed by atoms with Crippen molar-refractivity contribution >= 4 is 22.5 Å². The van der Waals surface area contributed by atoms with Crippen LogP contribution in [0, 0.1) is 0 Å². The Morgan fingerprint density at radius 3 is 3.07 bits per heavy atom. The van der Waals surface area contributed by atoms with E-state index in [1.807, 2.05) is 0 Å². The summed E-state index contributed by atoms with van der Waals surface area (Å²) in [5.74, 6) is 0.600. The first-order valence-electron chi connectivity index (χ1n) is 4.23. The molecule has 0 amide bonds. The highest BCUT2D eigenvalue weighted by Crippen LogP contribution is 2.26. The maximum absolute atomic E-state index is 5.81. The van der Waals surface area contributed by atoms with Crippen LogP contribution in [0.15, 0.2) is 29.3 Å². The van der Waals surface area contributed by atoms with E-state index in [1.54, 1.807) is 18.5 Å². The Labute approximate surface area is 89.1 Å². The van der Waals surface area contributed by atoms with Crippen LogP contribution in [-0.4, -0.2) is 20.2 Å². The fraction of sp³-hybridized carbons (Fsp3) is 0. The van der Waals surface area contributed by atoms with Gasteiger partial charge >= 0.3 is 0 Å². The number of pyridine rings is 1. The number of fused-ring (bicyclic) bond motifs is 1. The monoisotopic (exact) mass is 220 g/mol. The summed E-state index contributed by atoms with van der Waals surface area (Å²) >= 11 is 5.81. The number of rotatable bonds is 1. The highest BCUT2D eigenvalue weighted by molar-refractivity contribution is 6.30. The molecule has 0 radical (unpaired) electrons. The number of nitrogens with one attached hydrogen (secondary N) is 1. The number of hydrogen-bond donors (Lipinski definition) is 1. The molecule has 0 bridgehead atoms. The van der Waals surface area contributed by atoms with Crippen LogP contribution in [0.5, 0.6) is 0 Å². The van der Waals surface area contributed by atoms with Crippen LogP contribution in [0.4, 0.5) is 0 Å². The Morgan fingerprint density at radius 1 is 1.33 bits per heavy atom. The summed E-state index contributed by atoms with van der Waals surface area (Å²) in [7, 11) is 0. The zero-order chi connectivity index (χ0) is 10.3. The fourth-order valence-corrected chi connectivity index (χ4v) is 1.57. The lowest BCUT2D eigenvalue weighted by molar-refractivity contribution is 0.570. The van der Waals surface area contributed by atoms with E-state index >= 15 is 0 Å². The van der Waals surface area contributed by atoms with E-state index in [4.69, 9.17) is 16.0 Å². The van der Waals surface area contributed by atoms with Crippen molar-refractivity contribution in [2.75, 3.05) is 0 Å². The molecule has 6 heteroatoms. The van der Waals surface area contributed by atoms with Gasteiger partial charge in [-0.25, -0.2) is 9.97 Å². The molecule has 0 unspecified atom stereocenters. The average molecular weight is 221 g/mol. The second-order valence-electron chi connectivity index (χ2n) is 2.99. The van der Waals surface area contributed by atoms with Crippen LogP contribution < -0.4 is 0 Å². The molecule has 5 nitrogen and oxygen atoms in total. The summed E-state index contributed by atoms with van der Waals surface area (Å²) in [5.41, 5.74) is 1.50. The molecule has 0 aliphatic carbocycles. The molecule has 15 heavy (non-hydrogen) atoms. The van der Waals surface area contributed by atoms with E-state index in [0.29, 0.717) is 16.6 Å². The van der Waals surface area contributed by atoms with Gasteiger partial charge in [-0.2, -0.15) is 5.10 Å². The number of hydrogen-bond acceptors (Lipinski definition) is 4. The van der Waals surface area contributed by atoms with Crippen LogP contribution in [0.2, 0.25) is 5.15 Å². The topological polar surface area (TPSA) is 67.6 Å². The van der Waals surface area contributed by atoms with Crippen molar-refractivity contribution in [1.29, 1.82) is 0 Å². The highest BCUT2D eigenvalue weighted by Gasteiger charge is 2.11. The standard InChI is InChI=1S/C9H5ClN4O/c10-8-1-5-6(2-12-8)13-14-9(5)7-3-11-4-15-7/h1-4H,(H,13,14). The highest BCUT2D eigenvalue weighted by atomic mass is 35.5. The van der Waals surface area contributed by atoms with Gasteiger partial charge in [0.15, 0.2) is 12.2 Å². The third kappa shape index (κ3) is 1.28. The molecule has 3 aromatic rings. The normalized spacial score (nSPS) is 11.0. The second kappa shape index (κ2) is 3.06. The summed E-state index contributed by atoms with van der Waals surface area (Å²) in [6.45, 7) is 0. The number of H-pyrrole nitrogens is 1. The Bertz CT molecular complexity index is 602. The van der Waals surface area contributed by atoms with Crippen molar-refractivity contribution < 1.29 is 4.42 Å². The molecular formula is C9H5ClN4O. The van der Waals surface area contributed by atoms with Gasteiger partial charge in [0, 0.05) is 5.39 Å². The molecular weight excluding hydrogens is 216 g/mol. The van der Waals surface area contributed by atoms with Gasteiger partial charge in [0.25, 0.3) is 0 Å². The molecule has 3 rings (SSSR count). The molecule has 0 saturated carbocycles. The molecule has 0 atom stereocenters. The lowest BCUT2D eigenvalue weighted by Gasteiger charge is -1.91. The third-order valence-electron chi connectivity index (χ3n) is 2.08. The van der Waals surface area contributed by atoms with Crippen LogP contribution in [-0.2, 0) is 0 Å². The minimum atomic E-state index is 0.421. The van der Waals surface area contributed by atoms with Gasteiger partial charge in [-0.15, -0.1) is 0 Å². The largest absolute Gasteiger partial charge is 0.442 e. The molecule has 0 spiro atoms. The number of aromatic nitrogens is 4. The Balaban J connectivity index is 2.32. The van der Waals surface area contributed by atoms with Crippen molar-refractivity contribution in [2.45, 2.75) is 0 Å². The predicted octanol–water partition coefficient (Wildman–Crippen LogP) is 2.27. The minimum Gasteiger partial charge on any atom is -0.442 e. The zero-order valence-corrected chi connectivity index (χ0v) is 8.19. The van der Waals surface area contributed by atoms with Crippen molar-refractivity contribution in [3.63, 3.8) is 0 Å². The van der Waals surface area contributed by atoms with Crippen LogP contribution >= 0.6 is 11.6 Å². The zero-order valence-electron chi connectivity index (χ0n) is 7.44. The maximum atomic E-state index is 5.81. The molecule has 3 aromatic heterocycles. The maximum Gasteiger partial charge on any atom is 0.181 e. The van der Waals surface area contributed by atoms with E-state index < -0.39 is 0 Å². The van der Waals surface area contributed by atoms with E-state index in [9.17, 15) is 0 Å². The molecule has 3 heterocycles.